The predicted octanol–water partition coefficient (Wildman–Crippen LogP) is 1.36. The lowest BCUT2D eigenvalue weighted by atomic mass is 10.2. The van der Waals surface area contributed by atoms with Crippen molar-refractivity contribution in [3.05, 3.63) is 54.0 Å². The van der Waals surface area contributed by atoms with E-state index in [1.165, 1.54) is 12.3 Å². The van der Waals surface area contributed by atoms with Crippen LogP contribution in [-0.4, -0.2) is 18.9 Å². The molecule has 0 saturated heterocycles. The second kappa shape index (κ2) is 5.72. The zero-order chi connectivity index (χ0) is 13.7. The van der Waals surface area contributed by atoms with E-state index in [9.17, 15) is 9.59 Å². The molecule has 0 spiro atoms. The molecular weight excluding hydrogens is 248 g/mol. The topological polar surface area (TPSA) is 80.6 Å². The molecular formula is C13H12N2O4. The highest BCUT2D eigenvalue weighted by atomic mass is 16.5. The van der Waals surface area contributed by atoms with E-state index in [1.807, 2.05) is 0 Å². The Balaban J connectivity index is 1.92. The number of carbonyl (C=O) groups is 2. The molecule has 0 aliphatic rings. The number of nitrogens with one attached hydrogen (secondary N) is 2. The Morgan fingerprint density at radius 1 is 1.05 bits per heavy atom. The summed E-state index contributed by atoms with van der Waals surface area (Å²) in [5.74, 6) is -0.180. The Morgan fingerprint density at radius 3 is 2.32 bits per heavy atom. The summed E-state index contributed by atoms with van der Waals surface area (Å²) in [4.78, 5) is 23.2. The van der Waals surface area contributed by atoms with Crippen molar-refractivity contribution in [3.8, 4) is 5.75 Å². The molecule has 6 nitrogen and oxygen atoms in total. The van der Waals surface area contributed by atoms with Gasteiger partial charge in [0.15, 0.2) is 5.76 Å². The molecule has 19 heavy (non-hydrogen) atoms. The molecule has 0 aliphatic carbocycles. The number of hydrogen-bond acceptors (Lipinski definition) is 4. The predicted molar refractivity (Wildman–Crippen MR) is 66.6 cm³/mol. The van der Waals surface area contributed by atoms with Crippen molar-refractivity contribution in [1.82, 2.24) is 10.9 Å². The first-order chi connectivity index (χ1) is 9.20. The first-order valence-corrected chi connectivity index (χ1v) is 5.49. The molecule has 2 amide bonds. The van der Waals surface area contributed by atoms with Crippen molar-refractivity contribution < 1.29 is 18.7 Å². The monoisotopic (exact) mass is 260 g/mol. The summed E-state index contributed by atoms with van der Waals surface area (Å²) in [7, 11) is 1.54. The van der Waals surface area contributed by atoms with Crippen LogP contribution in [0.1, 0.15) is 20.9 Å². The number of amides is 2. The van der Waals surface area contributed by atoms with Crippen LogP contribution in [-0.2, 0) is 0 Å². The van der Waals surface area contributed by atoms with Gasteiger partial charge in [-0.1, -0.05) is 0 Å². The van der Waals surface area contributed by atoms with Crippen LogP contribution in [0.25, 0.3) is 0 Å². The smallest absolute Gasteiger partial charge is 0.305 e. The molecule has 0 unspecified atom stereocenters. The van der Waals surface area contributed by atoms with Crippen molar-refractivity contribution >= 4 is 11.8 Å². The maximum Gasteiger partial charge on any atom is 0.305 e. The summed E-state index contributed by atoms with van der Waals surface area (Å²) in [5, 5.41) is 0. The number of furan rings is 1. The number of ether oxygens (including phenoxy) is 1. The van der Waals surface area contributed by atoms with Gasteiger partial charge in [-0.15, -0.1) is 0 Å². The Morgan fingerprint density at radius 2 is 1.74 bits per heavy atom. The molecule has 0 bridgehead atoms. The van der Waals surface area contributed by atoms with Gasteiger partial charge in [0.25, 0.3) is 5.91 Å². The van der Waals surface area contributed by atoms with Crippen LogP contribution in [0.15, 0.2) is 47.1 Å². The first kappa shape index (κ1) is 12.7. The van der Waals surface area contributed by atoms with Crippen molar-refractivity contribution in [3.63, 3.8) is 0 Å². The van der Waals surface area contributed by atoms with Crippen molar-refractivity contribution in [1.29, 1.82) is 0 Å². The van der Waals surface area contributed by atoms with E-state index in [0.29, 0.717) is 11.3 Å². The van der Waals surface area contributed by atoms with Gasteiger partial charge in [-0.05, 0) is 36.4 Å². The third-order valence-corrected chi connectivity index (χ3v) is 2.39. The average Bonchev–Trinajstić information content (AvgIpc) is 2.98. The van der Waals surface area contributed by atoms with Crippen LogP contribution >= 0.6 is 0 Å². The maximum absolute atomic E-state index is 11.7. The minimum Gasteiger partial charge on any atom is -0.497 e. The minimum atomic E-state index is -0.521. The Kier molecular flexibility index (Phi) is 3.82. The number of rotatable bonds is 3. The van der Waals surface area contributed by atoms with Crippen molar-refractivity contribution in [2.45, 2.75) is 0 Å². The highest BCUT2D eigenvalue weighted by Gasteiger charge is 2.10. The highest BCUT2D eigenvalue weighted by molar-refractivity contribution is 5.97. The second-order valence-corrected chi connectivity index (χ2v) is 3.61. The van der Waals surface area contributed by atoms with Crippen LogP contribution < -0.4 is 15.6 Å². The maximum atomic E-state index is 11.7. The molecule has 2 rings (SSSR count). The van der Waals surface area contributed by atoms with Gasteiger partial charge in [0.05, 0.1) is 13.4 Å². The number of carbonyl (C=O) groups excluding carboxylic acids is 2. The fourth-order valence-corrected chi connectivity index (χ4v) is 1.40. The second-order valence-electron chi connectivity index (χ2n) is 3.61. The van der Waals surface area contributed by atoms with E-state index in [4.69, 9.17) is 9.15 Å². The Labute approximate surface area is 109 Å². The lowest BCUT2D eigenvalue weighted by molar-refractivity contribution is 0.0831. The standard InChI is InChI=1S/C13H12N2O4/c1-18-10-6-4-9(5-7-10)12(16)14-15-13(17)11-3-2-8-19-11/h2-8H,1H3,(H,14,16)(H,15,17). The zero-order valence-electron chi connectivity index (χ0n) is 10.2. The number of benzene rings is 1. The molecule has 98 valence electrons. The van der Waals surface area contributed by atoms with Crippen LogP contribution in [0.4, 0.5) is 0 Å². The molecule has 0 fully saturated rings. The normalized spacial score (nSPS) is 9.74. The van der Waals surface area contributed by atoms with Crippen LogP contribution in [0.3, 0.4) is 0 Å². The molecule has 2 aromatic rings. The summed E-state index contributed by atoms with van der Waals surface area (Å²) >= 11 is 0. The summed E-state index contributed by atoms with van der Waals surface area (Å²) in [6, 6.07) is 9.57. The molecule has 0 radical (unpaired) electrons. The number of methoxy groups -OCH3 is 1. The number of hydrogen-bond donors (Lipinski definition) is 2. The van der Waals surface area contributed by atoms with Crippen molar-refractivity contribution in [2.75, 3.05) is 7.11 Å². The minimum absolute atomic E-state index is 0.120. The lowest BCUT2D eigenvalue weighted by Gasteiger charge is -2.06. The van der Waals surface area contributed by atoms with E-state index in [0.717, 1.165) is 0 Å². The van der Waals surface area contributed by atoms with Gasteiger partial charge in [-0.3, -0.25) is 20.4 Å². The molecule has 2 N–H and O–H groups in total. The number of hydrazine groups is 1. The SMILES string of the molecule is COc1ccc(C(=O)NNC(=O)c2ccco2)cc1. The van der Waals surface area contributed by atoms with E-state index in [2.05, 4.69) is 10.9 Å². The Bertz CT molecular complexity index is 561. The molecule has 1 heterocycles. The zero-order valence-corrected chi connectivity index (χ0v) is 10.2. The molecule has 0 atom stereocenters. The Hall–Kier alpha value is -2.76. The van der Waals surface area contributed by atoms with Gasteiger partial charge in [0, 0.05) is 5.56 Å². The summed E-state index contributed by atoms with van der Waals surface area (Å²) < 4.78 is 9.87. The van der Waals surface area contributed by atoms with Gasteiger partial charge in [-0.2, -0.15) is 0 Å². The van der Waals surface area contributed by atoms with Gasteiger partial charge in [-0.25, -0.2) is 0 Å². The molecule has 6 heteroatoms. The van der Waals surface area contributed by atoms with Crippen LogP contribution in [0, 0.1) is 0 Å². The van der Waals surface area contributed by atoms with Gasteiger partial charge >= 0.3 is 5.91 Å². The fourth-order valence-electron chi connectivity index (χ4n) is 1.40. The largest absolute Gasteiger partial charge is 0.497 e. The summed E-state index contributed by atoms with van der Waals surface area (Å²) in [5.41, 5.74) is 4.94. The lowest BCUT2D eigenvalue weighted by Crippen LogP contribution is -2.41. The fraction of sp³-hybridized carbons (Fsp3) is 0.0769. The molecule has 1 aromatic heterocycles. The van der Waals surface area contributed by atoms with Gasteiger partial charge < -0.3 is 9.15 Å². The molecule has 0 aliphatic heterocycles. The van der Waals surface area contributed by atoms with E-state index in [1.54, 1.807) is 37.4 Å². The third kappa shape index (κ3) is 3.12. The van der Waals surface area contributed by atoms with Crippen LogP contribution in [0.2, 0.25) is 0 Å². The molecule has 1 aromatic carbocycles. The summed E-state index contributed by atoms with van der Waals surface area (Å²) in [6.07, 6.45) is 1.38. The first-order valence-electron chi connectivity index (χ1n) is 5.49. The third-order valence-electron chi connectivity index (χ3n) is 2.39. The molecule has 0 saturated carbocycles. The van der Waals surface area contributed by atoms with Gasteiger partial charge in [0.2, 0.25) is 0 Å². The van der Waals surface area contributed by atoms with E-state index in [-0.39, 0.29) is 5.76 Å². The van der Waals surface area contributed by atoms with Crippen LogP contribution in [0.5, 0.6) is 5.75 Å². The quantitative estimate of drug-likeness (QED) is 0.816. The van der Waals surface area contributed by atoms with E-state index < -0.39 is 11.8 Å². The average molecular weight is 260 g/mol. The highest BCUT2D eigenvalue weighted by Crippen LogP contribution is 2.10. The van der Waals surface area contributed by atoms with Gasteiger partial charge in [0.1, 0.15) is 5.75 Å². The summed E-state index contributed by atoms with van der Waals surface area (Å²) in [6.45, 7) is 0. The van der Waals surface area contributed by atoms with E-state index >= 15 is 0 Å². The van der Waals surface area contributed by atoms with Crippen molar-refractivity contribution in [2.24, 2.45) is 0 Å².